The van der Waals surface area contributed by atoms with Crippen molar-refractivity contribution in [2.24, 2.45) is 4.99 Å². The van der Waals surface area contributed by atoms with Crippen LogP contribution in [0.15, 0.2) is 47.1 Å². The first-order chi connectivity index (χ1) is 11.5. The number of methoxy groups -OCH3 is 1. The summed E-state index contributed by atoms with van der Waals surface area (Å²) >= 11 is 5.86. The first-order valence-electron chi connectivity index (χ1n) is 6.79. The summed E-state index contributed by atoms with van der Waals surface area (Å²) < 4.78 is 36.6. The minimum absolute atomic E-state index is 0.00189. The molecule has 1 aliphatic rings. The van der Waals surface area contributed by atoms with E-state index in [1.54, 1.807) is 24.3 Å². The Balaban J connectivity index is 1.99. The van der Waals surface area contributed by atoms with E-state index in [-0.39, 0.29) is 22.2 Å². The Hall–Kier alpha value is -2.73. The number of esters is 1. The second kappa shape index (κ2) is 6.41. The van der Waals surface area contributed by atoms with E-state index in [0.29, 0.717) is 11.3 Å². The molecule has 0 atom stereocenters. The molecule has 24 heavy (non-hydrogen) atoms. The monoisotopic (exact) mass is 349 g/mol. The van der Waals surface area contributed by atoms with Crippen molar-refractivity contribution in [2.45, 2.75) is 0 Å². The quantitative estimate of drug-likeness (QED) is 0.478. The fraction of sp³-hybridized carbons (Fsp3) is 0.0588. The second-order valence-corrected chi connectivity index (χ2v) is 5.27. The topological polar surface area (TPSA) is 47.9 Å². The number of ether oxygens (including phenoxy) is 2. The summed E-state index contributed by atoms with van der Waals surface area (Å²) in [4.78, 5) is 15.9. The number of halogens is 3. The van der Waals surface area contributed by atoms with E-state index in [1.807, 2.05) is 0 Å². The van der Waals surface area contributed by atoms with E-state index in [9.17, 15) is 13.6 Å². The van der Waals surface area contributed by atoms with Gasteiger partial charge >= 0.3 is 5.97 Å². The Kier molecular flexibility index (Phi) is 4.31. The van der Waals surface area contributed by atoms with Gasteiger partial charge in [0.2, 0.25) is 5.90 Å². The fourth-order valence-corrected chi connectivity index (χ4v) is 2.33. The molecule has 0 saturated heterocycles. The first kappa shape index (κ1) is 16.1. The maximum atomic E-state index is 13.4. The molecule has 0 spiro atoms. The van der Waals surface area contributed by atoms with Crippen LogP contribution in [0.1, 0.15) is 11.1 Å². The summed E-state index contributed by atoms with van der Waals surface area (Å²) in [5.41, 5.74) is 0.680. The zero-order chi connectivity index (χ0) is 17.3. The van der Waals surface area contributed by atoms with Crippen molar-refractivity contribution < 1.29 is 23.0 Å². The third kappa shape index (κ3) is 3.14. The number of aliphatic imine (C=N–C) groups is 1. The summed E-state index contributed by atoms with van der Waals surface area (Å²) in [5, 5.41) is -0.108. The third-order valence-electron chi connectivity index (χ3n) is 3.26. The van der Waals surface area contributed by atoms with Crippen LogP contribution in [0.5, 0.6) is 5.75 Å². The van der Waals surface area contributed by atoms with E-state index >= 15 is 0 Å². The van der Waals surface area contributed by atoms with Crippen LogP contribution in [0.3, 0.4) is 0 Å². The maximum absolute atomic E-state index is 13.4. The molecular weight excluding hydrogens is 340 g/mol. The number of carbonyl (C=O) groups is 1. The molecule has 4 nitrogen and oxygen atoms in total. The number of nitrogens with zero attached hydrogens (tertiary/aromatic N) is 1. The van der Waals surface area contributed by atoms with Gasteiger partial charge in [-0.25, -0.2) is 18.6 Å². The molecule has 3 rings (SSSR count). The molecule has 0 unspecified atom stereocenters. The molecule has 0 radical (unpaired) electrons. The van der Waals surface area contributed by atoms with Gasteiger partial charge in [0, 0.05) is 0 Å². The number of rotatable bonds is 3. The molecule has 0 aromatic heterocycles. The molecule has 7 heteroatoms. The Labute approximate surface area is 141 Å². The van der Waals surface area contributed by atoms with Crippen molar-refractivity contribution in [3.63, 3.8) is 0 Å². The zero-order valence-electron chi connectivity index (χ0n) is 12.3. The predicted octanol–water partition coefficient (Wildman–Crippen LogP) is 3.97. The lowest BCUT2D eigenvalue weighted by Gasteiger charge is -2.03. The van der Waals surface area contributed by atoms with Crippen molar-refractivity contribution in [3.05, 3.63) is 69.9 Å². The minimum atomic E-state index is -1.11. The standard InChI is InChI=1S/C17H10ClF2NO3/c1-23-10-4-2-3-9(5-10)6-15-17(22)24-16(21-15)11-7-13(19)14(20)8-12(11)18/h2-8H,1H3. The summed E-state index contributed by atoms with van der Waals surface area (Å²) in [5.74, 6) is -2.49. The summed E-state index contributed by atoms with van der Waals surface area (Å²) in [6.07, 6.45) is 1.49. The van der Waals surface area contributed by atoms with Crippen LogP contribution >= 0.6 is 11.6 Å². The molecule has 2 aromatic carbocycles. The lowest BCUT2D eigenvalue weighted by molar-refractivity contribution is -0.129. The van der Waals surface area contributed by atoms with Gasteiger partial charge < -0.3 is 9.47 Å². The number of hydrogen-bond donors (Lipinski definition) is 0. The van der Waals surface area contributed by atoms with Crippen LogP contribution in [0.25, 0.3) is 6.08 Å². The second-order valence-electron chi connectivity index (χ2n) is 4.86. The largest absolute Gasteiger partial charge is 0.497 e. The van der Waals surface area contributed by atoms with E-state index in [1.165, 1.54) is 13.2 Å². The molecule has 2 aromatic rings. The van der Waals surface area contributed by atoms with Crippen molar-refractivity contribution in [2.75, 3.05) is 7.11 Å². The molecule has 0 fully saturated rings. The molecule has 0 amide bonds. The lowest BCUT2D eigenvalue weighted by Crippen LogP contribution is -2.07. The molecule has 0 N–H and O–H groups in total. The van der Waals surface area contributed by atoms with Gasteiger partial charge in [-0.2, -0.15) is 0 Å². The van der Waals surface area contributed by atoms with Crippen molar-refractivity contribution >= 4 is 29.5 Å². The highest BCUT2D eigenvalue weighted by Crippen LogP contribution is 2.26. The first-order valence-corrected chi connectivity index (χ1v) is 7.17. The van der Waals surface area contributed by atoms with Crippen molar-refractivity contribution in [3.8, 4) is 5.75 Å². The average Bonchev–Trinajstić information content (AvgIpc) is 2.91. The van der Waals surface area contributed by atoms with Crippen LogP contribution in [0.2, 0.25) is 5.02 Å². The van der Waals surface area contributed by atoms with Gasteiger partial charge in [-0.05, 0) is 35.9 Å². The van der Waals surface area contributed by atoms with Crippen LogP contribution < -0.4 is 4.74 Å². The number of hydrogen-bond acceptors (Lipinski definition) is 4. The molecule has 0 saturated carbocycles. The SMILES string of the molecule is COc1cccc(C=C2N=C(c3cc(F)c(F)cc3Cl)OC2=O)c1. The van der Waals surface area contributed by atoms with Gasteiger partial charge in [0.1, 0.15) is 5.75 Å². The average molecular weight is 350 g/mol. The van der Waals surface area contributed by atoms with Gasteiger partial charge in [0.15, 0.2) is 17.3 Å². The highest BCUT2D eigenvalue weighted by Gasteiger charge is 2.26. The van der Waals surface area contributed by atoms with Gasteiger partial charge in [-0.3, -0.25) is 0 Å². The van der Waals surface area contributed by atoms with E-state index in [4.69, 9.17) is 21.1 Å². The molecule has 1 aliphatic heterocycles. The highest BCUT2D eigenvalue weighted by atomic mass is 35.5. The van der Waals surface area contributed by atoms with E-state index in [2.05, 4.69) is 4.99 Å². The van der Waals surface area contributed by atoms with Crippen LogP contribution in [-0.2, 0) is 9.53 Å². The van der Waals surface area contributed by atoms with E-state index in [0.717, 1.165) is 12.1 Å². The molecular formula is C17H10ClF2NO3. The molecule has 122 valence electrons. The Morgan fingerprint density at radius 2 is 1.96 bits per heavy atom. The van der Waals surface area contributed by atoms with Crippen LogP contribution in [-0.4, -0.2) is 19.0 Å². The minimum Gasteiger partial charge on any atom is -0.497 e. The highest BCUT2D eigenvalue weighted by molar-refractivity contribution is 6.34. The third-order valence-corrected chi connectivity index (χ3v) is 3.57. The van der Waals surface area contributed by atoms with Crippen LogP contribution in [0.4, 0.5) is 8.78 Å². The van der Waals surface area contributed by atoms with Gasteiger partial charge in [-0.1, -0.05) is 23.7 Å². The van der Waals surface area contributed by atoms with Gasteiger partial charge in [0.05, 0.1) is 17.7 Å². The smallest absolute Gasteiger partial charge is 0.363 e. The normalized spacial score (nSPS) is 15.4. The fourth-order valence-electron chi connectivity index (χ4n) is 2.10. The summed E-state index contributed by atoms with van der Waals surface area (Å²) in [7, 11) is 1.53. The Morgan fingerprint density at radius 3 is 2.71 bits per heavy atom. The number of cyclic esters (lactones) is 1. The lowest BCUT2D eigenvalue weighted by atomic mass is 10.2. The predicted molar refractivity (Wildman–Crippen MR) is 85.0 cm³/mol. The van der Waals surface area contributed by atoms with Crippen molar-refractivity contribution in [1.29, 1.82) is 0 Å². The molecule has 1 heterocycles. The van der Waals surface area contributed by atoms with Crippen molar-refractivity contribution in [1.82, 2.24) is 0 Å². The number of benzene rings is 2. The number of carbonyl (C=O) groups excluding carboxylic acids is 1. The van der Waals surface area contributed by atoms with Gasteiger partial charge in [0.25, 0.3) is 0 Å². The zero-order valence-corrected chi connectivity index (χ0v) is 13.1. The van der Waals surface area contributed by atoms with Gasteiger partial charge in [-0.15, -0.1) is 0 Å². The Morgan fingerprint density at radius 1 is 1.21 bits per heavy atom. The van der Waals surface area contributed by atoms with Crippen LogP contribution in [0, 0.1) is 11.6 Å². The molecule has 0 aliphatic carbocycles. The molecule has 0 bridgehead atoms. The maximum Gasteiger partial charge on any atom is 0.363 e. The Bertz CT molecular complexity index is 893. The summed E-state index contributed by atoms with van der Waals surface area (Å²) in [6.45, 7) is 0. The van der Waals surface area contributed by atoms with E-state index < -0.39 is 17.6 Å². The summed E-state index contributed by atoms with van der Waals surface area (Å²) in [6, 6.07) is 8.59.